The molecule has 0 unspecified atom stereocenters. The Hall–Kier alpha value is -6.96. The average Bonchev–Trinajstić information content (AvgIpc) is 1.63. The summed E-state index contributed by atoms with van der Waals surface area (Å²) in [6, 6.07) is 23.2. The standard InChI is InChI=1S/C18H12N2S.C16H10N2O4.C12H12S3.C10H12S2.C8H8N2S.2C2H6/c1-9-15-16(10(2)21-9)20-18-13-8-4-6-11-5-3-7-12(14(11)13)17(18)19-15;1-17-13(19)7-3-5-9-12-10(16(22)18(2)15(9)21)6-4-8(11(7)12)14(17)20;1-5-7(3)13-11-9(5)15-10-6(2)8(4)14-12(10)11;1-5-7(3)11-10-6(2)8(4)12-9(5)10;1-5-3-4-6(2)8-7(5)9-11-10-8;2*1-2/h3-8H,1-2H3;3-6H,1-2H3;1-4H3;1-4H3;3-4H,1-2H3;2*1-2H3. The van der Waals surface area contributed by atoms with E-state index in [2.05, 4.69) is 140 Å². The fourth-order valence-electron chi connectivity index (χ4n) is 10.8. The molecule has 0 saturated heterocycles. The minimum Gasteiger partial charge on any atom is -0.277 e. The van der Waals surface area contributed by atoms with Crippen LogP contribution in [0.3, 0.4) is 0 Å². The molecule has 0 spiro atoms. The third-order valence-corrected chi connectivity index (χ3v) is 24.5. The van der Waals surface area contributed by atoms with Gasteiger partial charge in [0.25, 0.3) is 23.6 Å². The van der Waals surface area contributed by atoms with E-state index in [0.717, 1.165) is 43.3 Å². The van der Waals surface area contributed by atoms with Crippen LogP contribution in [0.2, 0.25) is 0 Å². The lowest BCUT2D eigenvalue weighted by Crippen LogP contribution is -2.40. The van der Waals surface area contributed by atoms with Crippen LogP contribution in [0.5, 0.6) is 0 Å². The highest BCUT2D eigenvalue weighted by Gasteiger charge is 2.37. The molecule has 8 aromatic heterocycles. The van der Waals surface area contributed by atoms with E-state index in [1.165, 1.54) is 163 Å². The molecule has 0 N–H and O–H groups in total. The van der Waals surface area contributed by atoms with Crippen LogP contribution < -0.4 is 0 Å². The quantitative estimate of drug-likeness (QED) is 0.137. The normalized spacial score (nSPS) is 12.6. The Morgan fingerprint density at radius 2 is 0.647 bits per heavy atom. The molecular weight excluding hydrogens is 1190 g/mol. The highest BCUT2D eigenvalue weighted by atomic mass is 32.1. The molecule has 5 aromatic carbocycles. The first kappa shape index (κ1) is 61.1. The molecule has 16 rings (SSSR count). The van der Waals surface area contributed by atoms with Gasteiger partial charge in [-0.15, -0.1) is 68.0 Å². The largest absolute Gasteiger partial charge is 0.277 e. The van der Waals surface area contributed by atoms with Crippen molar-refractivity contribution in [3.63, 3.8) is 0 Å². The number of benzene rings is 5. The summed E-state index contributed by atoms with van der Waals surface area (Å²) in [5, 5.41) is 3.36. The molecule has 4 amide bonds. The van der Waals surface area contributed by atoms with Gasteiger partial charge in [0.05, 0.1) is 41.9 Å². The molecule has 0 atom stereocenters. The van der Waals surface area contributed by atoms with E-state index in [1.807, 2.05) is 84.4 Å². The Balaban J connectivity index is 0.000000119. The Bertz CT molecular complexity index is 4520. The average molecular weight is 1260 g/mol. The number of nitrogens with zero attached hydrogens (tertiary/aromatic N) is 6. The number of aryl methyl sites for hydroxylation is 12. The van der Waals surface area contributed by atoms with Gasteiger partial charge in [-0.25, -0.2) is 9.97 Å². The van der Waals surface area contributed by atoms with Crippen molar-refractivity contribution in [1.29, 1.82) is 0 Å². The van der Waals surface area contributed by atoms with Gasteiger partial charge in [0.1, 0.15) is 22.1 Å². The number of carbonyl (C=O) groups excluding carboxylic acids is 4. The van der Waals surface area contributed by atoms with Gasteiger partial charge in [0, 0.05) is 102 Å². The highest BCUT2D eigenvalue weighted by molar-refractivity contribution is 7.39. The van der Waals surface area contributed by atoms with Crippen LogP contribution in [0.25, 0.3) is 94.3 Å². The molecular formula is C68H66N6O4S7. The summed E-state index contributed by atoms with van der Waals surface area (Å²) in [4.78, 5) is 69.6. The van der Waals surface area contributed by atoms with Crippen molar-refractivity contribution >= 4 is 175 Å². The van der Waals surface area contributed by atoms with Crippen molar-refractivity contribution in [2.45, 2.75) is 111 Å². The zero-order valence-electron chi connectivity index (χ0n) is 51.1. The number of amides is 4. The second-order valence-corrected chi connectivity index (χ2v) is 28.7. The first-order valence-corrected chi connectivity index (χ1v) is 33.9. The van der Waals surface area contributed by atoms with Gasteiger partial charge in [-0.1, -0.05) is 76.2 Å². The third-order valence-electron chi connectivity index (χ3n) is 15.9. The molecule has 0 radical (unpaired) electrons. The fraction of sp³-hybridized carbons (Fsp3) is 0.265. The topological polar surface area (TPSA) is 126 Å². The van der Waals surface area contributed by atoms with Gasteiger partial charge in [0.15, 0.2) is 0 Å². The van der Waals surface area contributed by atoms with Crippen LogP contribution in [0, 0.1) is 83.1 Å². The Morgan fingerprint density at radius 1 is 0.329 bits per heavy atom. The molecule has 1 aliphatic carbocycles. The molecule has 17 heteroatoms. The number of aromatic nitrogens is 4. The van der Waals surface area contributed by atoms with Crippen LogP contribution >= 0.6 is 79.7 Å². The van der Waals surface area contributed by atoms with Crippen LogP contribution in [-0.4, -0.2) is 66.2 Å². The summed E-state index contributed by atoms with van der Waals surface area (Å²) in [6.45, 7) is 34.2. The van der Waals surface area contributed by atoms with Gasteiger partial charge in [-0.3, -0.25) is 29.0 Å². The predicted molar refractivity (Wildman–Crippen MR) is 368 cm³/mol. The summed E-state index contributed by atoms with van der Waals surface area (Å²) in [5.41, 5.74) is 18.4. The predicted octanol–water partition coefficient (Wildman–Crippen LogP) is 20.4. The maximum atomic E-state index is 12.3. The van der Waals surface area contributed by atoms with Crippen LogP contribution in [0.1, 0.15) is 132 Å². The number of hydrogen-bond acceptors (Lipinski definition) is 15. The molecule has 0 bridgehead atoms. The number of carbonyl (C=O) groups is 4. The second kappa shape index (κ2) is 24.1. The molecule has 0 saturated carbocycles. The van der Waals surface area contributed by atoms with Crippen LogP contribution in [0.4, 0.5) is 0 Å². The van der Waals surface area contributed by atoms with E-state index in [0.29, 0.717) is 33.0 Å². The molecule has 85 heavy (non-hydrogen) atoms. The van der Waals surface area contributed by atoms with E-state index in [-0.39, 0.29) is 0 Å². The molecule has 10 heterocycles. The Labute approximate surface area is 523 Å². The first-order valence-electron chi connectivity index (χ1n) is 28.2. The summed E-state index contributed by atoms with van der Waals surface area (Å²) in [5.74, 6) is -1.72. The van der Waals surface area contributed by atoms with Gasteiger partial charge in [-0.05, 0) is 146 Å². The summed E-state index contributed by atoms with van der Waals surface area (Å²) < 4.78 is 17.5. The van der Waals surface area contributed by atoms with Gasteiger partial charge < -0.3 is 0 Å². The molecule has 434 valence electrons. The fourth-order valence-corrected chi connectivity index (χ4v) is 19.2. The third kappa shape index (κ3) is 10.2. The van der Waals surface area contributed by atoms with E-state index in [1.54, 1.807) is 11.3 Å². The van der Waals surface area contributed by atoms with Crippen molar-refractivity contribution in [3.8, 4) is 22.5 Å². The van der Waals surface area contributed by atoms with Gasteiger partial charge in [0.2, 0.25) is 0 Å². The minimum atomic E-state index is -0.431. The molecule has 13 aromatic rings. The number of imide groups is 2. The summed E-state index contributed by atoms with van der Waals surface area (Å²) in [7, 11) is 2.83. The van der Waals surface area contributed by atoms with Crippen molar-refractivity contribution < 1.29 is 19.2 Å². The monoisotopic (exact) mass is 1250 g/mol. The van der Waals surface area contributed by atoms with Gasteiger partial charge >= 0.3 is 0 Å². The van der Waals surface area contributed by atoms with E-state index in [4.69, 9.17) is 9.97 Å². The van der Waals surface area contributed by atoms with Crippen LogP contribution in [-0.2, 0) is 0 Å². The van der Waals surface area contributed by atoms with Crippen molar-refractivity contribution in [2.24, 2.45) is 0 Å². The number of thiophene rings is 6. The van der Waals surface area contributed by atoms with E-state index < -0.39 is 23.6 Å². The minimum absolute atomic E-state index is 0.336. The van der Waals surface area contributed by atoms with Crippen molar-refractivity contribution in [1.82, 2.24) is 28.5 Å². The van der Waals surface area contributed by atoms with Crippen LogP contribution in [0.15, 0.2) is 72.8 Å². The summed E-state index contributed by atoms with van der Waals surface area (Å²) in [6.07, 6.45) is 0. The smallest absolute Gasteiger partial charge is 0.261 e. The zero-order chi connectivity index (χ0) is 61.4. The zero-order valence-corrected chi connectivity index (χ0v) is 56.8. The lowest BCUT2D eigenvalue weighted by molar-refractivity contribution is 0.0629. The van der Waals surface area contributed by atoms with Crippen molar-refractivity contribution in [3.05, 3.63) is 158 Å². The van der Waals surface area contributed by atoms with E-state index >= 15 is 0 Å². The number of fused-ring (bicyclic) bond motifs is 9. The number of rotatable bonds is 0. The lowest BCUT2D eigenvalue weighted by Gasteiger charge is -2.29. The Kier molecular flexibility index (Phi) is 17.3. The second-order valence-electron chi connectivity index (χ2n) is 20.8. The SMILES string of the molecule is CC.CC.CN1C(=O)c2ccc3c4c(ccc(c24)C1=O)C(=O)N(C)C3=O.Cc1ccc(C)c2nsnc12.Cc1sc(C)c2nc3c(nc12)-c1cccc2cccc-3c12.Cc1sc2c(C)c(C)sc2c1C.Cc1sc2c(sc3c(C)c(C)sc32)c1C. The molecule has 2 aliphatic heterocycles. The Morgan fingerprint density at radius 3 is 0.988 bits per heavy atom. The maximum Gasteiger partial charge on any atom is 0.261 e. The summed E-state index contributed by atoms with van der Waals surface area (Å²) >= 11 is 12.8. The first-order chi connectivity index (χ1) is 40.7. The molecule has 0 fully saturated rings. The van der Waals surface area contributed by atoms with Gasteiger partial charge in [-0.2, -0.15) is 8.75 Å². The van der Waals surface area contributed by atoms with E-state index in [9.17, 15) is 19.2 Å². The molecule has 10 nitrogen and oxygen atoms in total. The highest BCUT2D eigenvalue weighted by Crippen LogP contribution is 2.49. The van der Waals surface area contributed by atoms with Crippen molar-refractivity contribution in [2.75, 3.05) is 14.1 Å². The number of hydrogen-bond donors (Lipinski definition) is 0. The molecule has 3 aliphatic rings. The maximum absolute atomic E-state index is 12.3. The lowest BCUT2D eigenvalue weighted by atomic mass is 9.86.